The number of carbonyl (C=O) groups excluding carboxylic acids is 1. The fraction of sp³-hybridized carbons (Fsp3) is 0.118. The van der Waals surface area contributed by atoms with Gasteiger partial charge in [-0.05, 0) is 62.2 Å². The van der Waals surface area contributed by atoms with E-state index in [1.165, 1.54) is 11.8 Å². The van der Waals surface area contributed by atoms with Crippen LogP contribution in [-0.2, 0) is 4.79 Å². The summed E-state index contributed by atoms with van der Waals surface area (Å²) in [6, 6.07) is 12.8. The summed E-state index contributed by atoms with van der Waals surface area (Å²) in [5, 5.41) is 11.1. The molecule has 0 aliphatic rings. The minimum Gasteiger partial charge on any atom is -0.496 e. The van der Waals surface area contributed by atoms with Gasteiger partial charge in [0.2, 0.25) is 5.91 Å². The predicted molar refractivity (Wildman–Crippen MR) is 107 cm³/mol. The van der Waals surface area contributed by atoms with Crippen LogP contribution in [0.4, 0.5) is 5.69 Å². The molecule has 3 rings (SSSR count). The number of amides is 1. The highest BCUT2D eigenvalue weighted by Crippen LogP contribution is 2.30. The fourth-order valence-electron chi connectivity index (χ4n) is 2.10. The molecule has 26 heavy (non-hydrogen) atoms. The average Bonchev–Trinajstić information content (AvgIpc) is 3.12. The second-order valence-electron chi connectivity index (χ2n) is 5.04. The van der Waals surface area contributed by atoms with E-state index < -0.39 is 0 Å². The highest BCUT2D eigenvalue weighted by atomic mass is 79.9. The molecule has 0 fully saturated rings. The molecule has 0 atom stereocenters. The lowest BCUT2D eigenvalue weighted by atomic mass is 10.2. The first-order chi connectivity index (χ1) is 12.6. The molecule has 1 N–H and O–H groups in total. The predicted octanol–water partition coefficient (Wildman–Crippen LogP) is 5.00. The van der Waals surface area contributed by atoms with E-state index in [9.17, 15) is 4.79 Å². The maximum absolute atomic E-state index is 12.1. The van der Waals surface area contributed by atoms with Gasteiger partial charge in [0.25, 0.3) is 11.1 Å². The van der Waals surface area contributed by atoms with Crippen molar-refractivity contribution < 1.29 is 13.9 Å². The molecular formula is C17H13Br2N3O3S. The molecule has 0 saturated heterocycles. The van der Waals surface area contributed by atoms with Crippen molar-refractivity contribution in [2.75, 3.05) is 18.2 Å². The standard InChI is InChI=1S/C17H13Br2N3O3S/c1-24-14-5-3-2-4-11(14)16-21-22-17(25-16)26-9-15(23)20-10-6-7-12(18)13(19)8-10/h2-8H,9H2,1H3,(H,20,23). The summed E-state index contributed by atoms with van der Waals surface area (Å²) in [6.07, 6.45) is 0. The van der Waals surface area contributed by atoms with Crippen molar-refractivity contribution in [1.29, 1.82) is 0 Å². The van der Waals surface area contributed by atoms with Crippen molar-refractivity contribution in [3.05, 3.63) is 51.4 Å². The van der Waals surface area contributed by atoms with E-state index in [0.717, 1.165) is 8.95 Å². The molecule has 0 radical (unpaired) electrons. The largest absolute Gasteiger partial charge is 0.496 e. The lowest BCUT2D eigenvalue weighted by Gasteiger charge is -2.05. The van der Waals surface area contributed by atoms with Gasteiger partial charge in [0.05, 0.1) is 18.4 Å². The van der Waals surface area contributed by atoms with Gasteiger partial charge in [-0.1, -0.05) is 23.9 Å². The lowest BCUT2D eigenvalue weighted by Crippen LogP contribution is -2.13. The topological polar surface area (TPSA) is 77.2 Å². The number of para-hydroxylation sites is 1. The summed E-state index contributed by atoms with van der Waals surface area (Å²) >= 11 is 7.96. The Morgan fingerprint density at radius 3 is 2.77 bits per heavy atom. The minimum absolute atomic E-state index is 0.154. The number of nitrogens with one attached hydrogen (secondary N) is 1. The van der Waals surface area contributed by atoms with Gasteiger partial charge in [-0.2, -0.15) is 0 Å². The molecule has 0 aliphatic heterocycles. The smallest absolute Gasteiger partial charge is 0.277 e. The van der Waals surface area contributed by atoms with Crippen molar-refractivity contribution in [1.82, 2.24) is 10.2 Å². The summed E-state index contributed by atoms with van der Waals surface area (Å²) in [7, 11) is 1.58. The molecule has 134 valence electrons. The molecule has 0 saturated carbocycles. The SMILES string of the molecule is COc1ccccc1-c1nnc(SCC(=O)Nc2ccc(Br)c(Br)c2)o1. The van der Waals surface area contributed by atoms with Crippen LogP contribution in [0.25, 0.3) is 11.5 Å². The van der Waals surface area contributed by atoms with E-state index in [1.807, 2.05) is 42.5 Å². The fourth-order valence-corrected chi connectivity index (χ4v) is 3.29. The molecular weight excluding hydrogens is 486 g/mol. The Morgan fingerprint density at radius 1 is 1.19 bits per heavy atom. The van der Waals surface area contributed by atoms with Crippen LogP contribution in [-0.4, -0.2) is 29.0 Å². The molecule has 0 unspecified atom stereocenters. The van der Waals surface area contributed by atoms with Gasteiger partial charge in [0.15, 0.2) is 0 Å². The van der Waals surface area contributed by atoms with Crippen molar-refractivity contribution in [3.63, 3.8) is 0 Å². The molecule has 0 bridgehead atoms. The van der Waals surface area contributed by atoms with Crippen LogP contribution < -0.4 is 10.1 Å². The normalized spacial score (nSPS) is 10.6. The van der Waals surface area contributed by atoms with Gasteiger partial charge in [0, 0.05) is 14.6 Å². The Labute approximate surface area is 171 Å². The zero-order chi connectivity index (χ0) is 18.5. The van der Waals surface area contributed by atoms with Gasteiger partial charge in [0.1, 0.15) is 5.75 Å². The van der Waals surface area contributed by atoms with Crippen LogP contribution in [0, 0.1) is 0 Å². The number of benzene rings is 2. The summed E-state index contributed by atoms with van der Waals surface area (Å²) in [5.74, 6) is 0.982. The molecule has 1 aromatic heterocycles. The number of halogens is 2. The number of carbonyl (C=O) groups is 1. The van der Waals surface area contributed by atoms with Gasteiger partial charge in [-0.25, -0.2) is 0 Å². The molecule has 1 heterocycles. The molecule has 9 heteroatoms. The third-order valence-corrected chi connectivity index (χ3v) is 5.97. The number of methoxy groups -OCH3 is 1. The van der Waals surface area contributed by atoms with Crippen LogP contribution in [0.2, 0.25) is 0 Å². The van der Waals surface area contributed by atoms with Crippen LogP contribution in [0.1, 0.15) is 0 Å². The summed E-state index contributed by atoms with van der Waals surface area (Å²) in [5.41, 5.74) is 1.41. The van der Waals surface area contributed by atoms with Crippen molar-refractivity contribution in [3.8, 4) is 17.2 Å². The van der Waals surface area contributed by atoms with Gasteiger partial charge >= 0.3 is 0 Å². The van der Waals surface area contributed by atoms with E-state index in [0.29, 0.717) is 28.1 Å². The Morgan fingerprint density at radius 2 is 2.00 bits per heavy atom. The number of hydrogen-bond donors (Lipinski definition) is 1. The highest BCUT2D eigenvalue weighted by Gasteiger charge is 2.14. The monoisotopic (exact) mass is 497 g/mol. The Kier molecular flexibility index (Phi) is 6.33. The van der Waals surface area contributed by atoms with Crippen molar-refractivity contribution in [2.24, 2.45) is 0 Å². The third kappa shape index (κ3) is 4.66. The number of anilines is 1. The lowest BCUT2D eigenvalue weighted by molar-refractivity contribution is -0.113. The van der Waals surface area contributed by atoms with Crippen LogP contribution in [0.3, 0.4) is 0 Å². The van der Waals surface area contributed by atoms with Gasteiger partial charge < -0.3 is 14.5 Å². The first kappa shape index (κ1) is 18.9. The molecule has 2 aromatic carbocycles. The molecule has 3 aromatic rings. The van der Waals surface area contributed by atoms with Crippen LogP contribution in [0.15, 0.2) is 61.0 Å². The maximum Gasteiger partial charge on any atom is 0.277 e. The Balaban J connectivity index is 1.61. The van der Waals surface area contributed by atoms with E-state index in [2.05, 4.69) is 47.4 Å². The average molecular weight is 499 g/mol. The van der Waals surface area contributed by atoms with Gasteiger partial charge in [-0.15, -0.1) is 10.2 Å². The van der Waals surface area contributed by atoms with Crippen molar-refractivity contribution in [2.45, 2.75) is 5.22 Å². The second-order valence-corrected chi connectivity index (χ2v) is 7.67. The van der Waals surface area contributed by atoms with Crippen LogP contribution in [0.5, 0.6) is 5.75 Å². The number of hydrogen-bond acceptors (Lipinski definition) is 6. The molecule has 1 amide bonds. The van der Waals surface area contributed by atoms with Crippen molar-refractivity contribution >= 4 is 55.2 Å². The Hall–Kier alpha value is -1.84. The number of aromatic nitrogens is 2. The quantitative estimate of drug-likeness (QED) is 0.482. The molecule has 0 spiro atoms. The number of rotatable bonds is 6. The first-order valence-electron chi connectivity index (χ1n) is 7.41. The summed E-state index contributed by atoms with van der Waals surface area (Å²) in [6.45, 7) is 0. The zero-order valence-electron chi connectivity index (χ0n) is 13.5. The van der Waals surface area contributed by atoms with Crippen LogP contribution >= 0.6 is 43.6 Å². The van der Waals surface area contributed by atoms with E-state index >= 15 is 0 Å². The Bertz CT molecular complexity index is 933. The number of ether oxygens (including phenoxy) is 1. The highest BCUT2D eigenvalue weighted by molar-refractivity contribution is 9.13. The van der Waals surface area contributed by atoms with Gasteiger partial charge in [-0.3, -0.25) is 4.79 Å². The van der Waals surface area contributed by atoms with E-state index in [1.54, 1.807) is 7.11 Å². The second kappa shape index (κ2) is 8.70. The number of thioether (sulfide) groups is 1. The number of nitrogens with zero attached hydrogens (tertiary/aromatic N) is 2. The van der Waals surface area contributed by atoms with E-state index in [-0.39, 0.29) is 11.7 Å². The molecule has 6 nitrogen and oxygen atoms in total. The minimum atomic E-state index is -0.165. The molecule has 0 aliphatic carbocycles. The summed E-state index contributed by atoms with van der Waals surface area (Å²) < 4.78 is 12.7. The first-order valence-corrected chi connectivity index (χ1v) is 9.98. The maximum atomic E-state index is 12.1. The zero-order valence-corrected chi connectivity index (χ0v) is 17.5. The summed E-state index contributed by atoms with van der Waals surface area (Å²) in [4.78, 5) is 12.1. The van der Waals surface area contributed by atoms with E-state index in [4.69, 9.17) is 9.15 Å². The third-order valence-electron chi connectivity index (χ3n) is 3.27.